The van der Waals surface area contributed by atoms with Gasteiger partial charge < -0.3 is 0 Å². The summed E-state index contributed by atoms with van der Waals surface area (Å²) in [4.78, 5) is 19.7. The van der Waals surface area contributed by atoms with E-state index in [0.717, 1.165) is 11.5 Å². The molecule has 2 aromatic heterocycles. The van der Waals surface area contributed by atoms with Gasteiger partial charge in [0.05, 0.1) is 6.20 Å². The summed E-state index contributed by atoms with van der Waals surface area (Å²) in [5.41, 5.74) is 1.29. The van der Waals surface area contributed by atoms with Gasteiger partial charge in [0.1, 0.15) is 15.9 Å². The smallest absolute Gasteiger partial charge is 0.197 e. The molecule has 4 nitrogen and oxygen atoms in total. The van der Waals surface area contributed by atoms with Gasteiger partial charge in [0, 0.05) is 6.92 Å². The van der Waals surface area contributed by atoms with Crippen molar-refractivity contribution in [2.24, 2.45) is 0 Å². The Bertz CT molecular complexity index is 482. The molecule has 66 valence electrons. The first kappa shape index (κ1) is 8.71. The Hall–Kier alpha value is -0.880. The Labute approximate surface area is 86.3 Å². The first-order chi connectivity index (χ1) is 6.18. The first-order valence-corrected chi connectivity index (χ1v) is 5.04. The van der Waals surface area contributed by atoms with Gasteiger partial charge >= 0.3 is 0 Å². The van der Waals surface area contributed by atoms with Crippen molar-refractivity contribution in [3.63, 3.8) is 0 Å². The number of ketones is 1. The highest BCUT2D eigenvalue weighted by Gasteiger charge is 2.11. The van der Waals surface area contributed by atoms with Crippen molar-refractivity contribution in [2.75, 3.05) is 0 Å². The zero-order valence-corrected chi connectivity index (χ0v) is 9.02. The number of rotatable bonds is 1. The van der Waals surface area contributed by atoms with Gasteiger partial charge in [0.2, 0.25) is 0 Å². The minimum atomic E-state index is -0.0156. The minimum Gasteiger partial charge on any atom is -0.293 e. The highest BCUT2D eigenvalue weighted by Crippen LogP contribution is 2.21. The number of carbonyl (C=O) groups is 1. The summed E-state index contributed by atoms with van der Waals surface area (Å²) in [6, 6.07) is 0. The minimum absolute atomic E-state index is 0.0156. The molecule has 0 unspecified atom stereocenters. The second kappa shape index (κ2) is 3.12. The van der Waals surface area contributed by atoms with E-state index in [4.69, 9.17) is 0 Å². The lowest BCUT2D eigenvalue weighted by Gasteiger charge is -1.90. The predicted octanol–water partition coefficient (Wildman–Crippen LogP) is 2.05. The quantitative estimate of drug-likeness (QED) is 0.580. The van der Waals surface area contributed by atoms with Crippen LogP contribution in [-0.4, -0.2) is 20.1 Å². The number of carbonyl (C=O) groups excluding carboxylic acids is 1. The molecule has 0 N–H and O–H groups in total. The molecule has 13 heavy (non-hydrogen) atoms. The Morgan fingerprint density at radius 1 is 1.62 bits per heavy atom. The normalized spacial score (nSPS) is 10.6. The van der Waals surface area contributed by atoms with Gasteiger partial charge in [-0.15, -0.1) is 0 Å². The maximum atomic E-state index is 11.1. The van der Waals surface area contributed by atoms with Crippen molar-refractivity contribution in [3.05, 3.63) is 15.8 Å². The number of hydrogen-bond donors (Lipinski definition) is 0. The molecular formula is C7H4BrN3OS. The van der Waals surface area contributed by atoms with Crippen LogP contribution in [0.4, 0.5) is 0 Å². The lowest BCUT2D eigenvalue weighted by Crippen LogP contribution is -1.90. The van der Waals surface area contributed by atoms with Crippen LogP contribution in [-0.2, 0) is 0 Å². The summed E-state index contributed by atoms with van der Waals surface area (Å²) in [5, 5.41) is 0. The zero-order valence-electron chi connectivity index (χ0n) is 6.61. The molecule has 0 saturated carbocycles. The topological polar surface area (TPSA) is 55.7 Å². The van der Waals surface area contributed by atoms with E-state index in [-0.39, 0.29) is 5.78 Å². The van der Waals surface area contributed by atoms with Crippen LogP contribution in [0, 0.1) is 0 Å². The van der Waals surface area contributed by atoms with Crippen molar-refractivity contribution in [2.45, 2.75) is 6.92 Å². The van der Waals surface area contributed by atoms with Crippen LogP contribution in [0.1, 0.15) is 16.6 Å². The second-order valence-corrected chi connectivity index (χ2v) is 3.92. The van der Waals surface area contributed by atoms with E-state index in [2.05, 4.69) is 30.3 Å². The number of halogens is 1. The van der Waals surface area contributed by atoms with E-state index in [0.29, 0.717) is 20.6 Å². The maximum Gasteiger partial charge on any atom is 0.197 e. The summed E-state index contributed by atoms with van der Waals surface area (Å²) in [6.07, 6.45) is 1.59. The van der Waals surface area contributed by atoms with Crippen LogP contribution in [0.5, 0.6) is 0 Å². The maximum absolute atomic E-state index is 11.1. The number of nitrogens with zero attached hydrogens (tertiary/aromatic N) is 3. The Balaban J connectivity index is 2.79. The predicted molar refractivity (Wildman–Crippen MR) is 52.9 cm³/mol. The summed E-state index contributed by atoms with van der Waals surface area (Å²) < 4.78 is 4.53. The van der Waals surface area contributed by atoms with Crippen molar-refractivity contribution in [3.8, 4) is 0 Å². The fraction of sp³-hybridized carbons (Fsp3) is 0.143. The van der Waals surface area contributed by atoms with E-state index < -0.39 is 0 Å². The average Bonchev–Trinajstić information content (AvgIpc) is 2.46. The molecule has 6 heteroatoms. The first-order valence-electron chi connectivity index (χ1n) is 3.47. The molecule has 0 radical (unpaired) electrons. The molecule has 0 aliphatic rings. The standard InChI is InChI=1S/C7H4BrN3OS/c1-3(12)6-5-4(11-13-6)2-9-7(8)10-5/h2H,1H3. The van der Waals surface area contributed by atoms with Gasteiger partial charge in [-0.2, -0.15) is 4.37 Å². The summed E-state index contributed by atoms with van der Waals surface area (Å²) in [6.45, 7) is 1.50. The third kappa shape index (κ3) is 1.47. The van der Waals surface area contributed by atoms with Crippen molar-refractivity contribution < 1.29 is 4.79 Å². The van der Waals surface area contributed by atoms with Crippen LogP contribution in [0.15, 0.2) is 10.9 Å². The molecule has 2 heterocycles. The SMILES string of the molecule is CC(=O)c1snc2cnc(Br)nc12. The van der Waals surface area contributed by atoms with Gasteiger partial charge in [0.25, 0.3) is 0 Å². The van der Waals surface area contributed by atoms with E-state index in [1.807, 2.05) is 0 Å². The molecule has 0 atom stereocenters. The molecule has 0 aliphatic heterocycles. The van der Waals surface area contributed by atoms with Gasteiger partial charge in [-0.3, -0.25) is 4.79 Å². The molecule has 0 saturated heterocycles. The van der Waals surface area contributed by atoms with E-state index in [1.54, 1.807) is 6.20 Å². The summed E-state index contributed by atoms with van der Waals surface area (Å²) in [7, 11) is 0. The number of Topliss-reactive ketones (excluding diaryl/α,β-unsaturated/α-hetero) is 1. The highest BCUT2D eigenvalue weighted by atomic mass is 79.9. The molecule has 2 rings (SSSR count). The van der Waals surface area contributed by atoms with Crippen LogP contribution < -0.4 is 0 Å². The monoisotopic (exact) mass is 257 g/mol. The summed E-state index contributed by atoms with van der Waals surface area (Å²) >= 11 is 4.30. The van der Waals surface area contributed by atoms with E-state index in [1.165, 1.54) is 6.92 Å². The molecule has 0 fully saturated rings. The lowest BCUT2D eigenvalue weighted by molar-refractivity contribution is 0.102. The molecule has 0 amide bonds. The van der Waals surface area contributed by atoms with Gasteiger partial charge in [-0.05, 0) is 27.5 Å². The van der Waals surface area contributed by atoms with Crippen LogP contribution in [0.25, 0.3) is 11.0 Å². The van der Waals surface area contributed by atoms with Gasteiger partial charge in [-0.25, -0.2) is 9.97 Å². The van der Waals surface area contributed by atoms with Crippen LogP contribution in [0.2, 0.25) is 0 Å². The van der Waals surface area contributed by atoms with Crippen LogP contribution >= 0.6 is 27.5 Å². The number of aromatic nitrogens is 3. The Morgan fingerprint density at radius 2 is 2.38 bits per heavy atom. The third-order valence-corrected chi connectivity index (χ3v) is 2.84. The molecule has 2 aromatic rings. The molecule has 0 aromatic carbocycles. The van der Waals surface area contributed by atoms with Crippen molar-refractivity contribution in [1.29, 1.82) is 0 Å². The Morgan fingerprint density at radius 3 is 3.08 bits per heavy atom. The highest BCUT2D eigenvalue weighted by molar-refractivity contribution is 9.10. The van der Waals surface area contributed by atoms with Gasteiger partial charge in [0.15, 0.2) is 10.5 Å². The van der Waals surface area contributed by atoms with E-state index >= 15 is 0 Å². The third-order valence-electron chi connectivity index (χ3n) is 1.51. The van der Waals surface area contributed by atoms with Crippen molar-refractivity contribution in [1.82, 2.24) is 14.3 Å². The average molecular weight is 258 g/mol. The fourth-order valence-electron chi connectivity index (χ4n) is 0.957. The number of fused-ring (bicyclic) bond motifs is 1. The number of hydrogen-bond acceptors (Lipinski definition) is 5. The summed E-state index contributed by atoms with van der Waals surface area (Å²) in [5.74, 6) is -0.0156. The fourth-order valence-corrected chi connectivity index (χ4v) is 1.93. The molecule has 0 aliphatic carbocycles. The molecular weight excluding hydrogens is 254 g/mol. The zero-order chi connectivity index (χ0) is 9.42. The largest absolute Gasteiger partial charge is 0.293 e. The van der Waals surface area contributed by atoms with E-state index in [9.17, 15) is 4.79 Å². The van der Waals surface area contributed by atoms with Crippen LogP contribution in [0.3, 0.4) is 0 Å². The molecule has 0 bridgehead atoms. The Kier molecular flexibility index (Phi) is 2.09. The van der Waals surface area contributed by atoms with Crippen molar-refractivity contribution >= 4 is 44.3 Å². The molecule has 0 spiro atoms. The lowest BCUT2D eigenvalue weighted by atomic mass is 10.3. The second-order valence-electron chi connectivity index (χ2n) is 2.44. The van der Waals surface area contributed by atoms with Gasteiger partial charge in [-0.1, -0.05) is 0 Å².